The summed E-state index contributed by atoms with van der Waals surface area (Å²) in [6.07, 6.45) is 4.04. The second-order valence-electron chi connectivity index (χ2n) is 6.05. The maximum atomic E-state index is 6.20. The molecule has 0 aliphatic carbocycles. The van der Waals surface area contributed by atoms with Gasteiger partial charge in [0.25, 0.3) is 0 Å². The lowest BCUT2D eigenvalue weighted by molar-refractivity contribution is 0.115. The van der Waals surface area contributed by atoms with Crippen LogP contribution in [0.25, 0.3) is 0 Å². The third-order valence-electron chi connectivity index (χ3n) is 4.69. The van der Waals surface area contributed by atoms with Gasteiger partial charge in [-0.15, -0.1) is 11.6 Å². The number of nitrogens with zero attached hydrogens (tertiary/aromatic N) is 2. The van der Waals surface area contributed by atoms with Gasteiger partial charge in [0.15, 0.2) is 0 Å². The van der Waals surface area contributed by atoms with Crippen LogP contribution >= 0.6 is 23.2 Å². The van der Waals surface area contributed by atoms with E-state index < -0.39 is 0 Å². The quantitative estimate of drug-likeness (QED) is 0.757. The zero-order chi connectivity index (χ0) is 14.1. The second kappa shape index (κ2) is 6.13. The van der Waals surface area contributed by atoms with Gasteiger partial charge in [-0.1, -0.05) is 24.1 Å². The molecule has 110 valence electrons. The van der Waals surface area contributed by atoms with Crippen molar-refractivity contribution < 1.29 is 0 Å². The van der Waals surface area contributed by atoms with E-state index in [0.29, 0.717) is 18.0 Å². The number of fused-ring (bicyclic) bond motifs is 1. The van der Waals surface area contributed by atoms with Gasteiger partial charge >= 0.3 is 0 Å². The number of rotatable bonds is 2. The van der Waals surface area contributed by atoms with E-state index in [4.69, 9.17) is 23.2 Å². The third-order valence-corrected chi connectivity index (χ3v) is 5.21. The van der Waals surface area contributed by atoms with Crippen LogP contribution in [0, 0.1) is 0 Å². The van der Waals surface area contributed by atoms with Gasteiger partial charge in [-0.05, 0) is 44.0 Å². The molecule has 2 atom stereocenters. The fraction of sp³-hybridized carbons (Fsp3) is 0.625. The number of piperazine rings is 1. The van der Waals surface area contributed by atoms with Crippen LogP contribution in [0.2, 0.25) is 5.02 Å². The minimum Gasteiger partial charge on any atom is -0.366 e. The largest absolute Gasteiger partial charge is 0.366 e. The maximum Gasteiger partial charge on any atom is 0.0494 e. The summed E-state index contributed by atoms with van der Waals surface area (Å²) in [6.45, 7) is 5.83. The SMILES string of the molecule is CC1CN2CCCCC2CN1c1cc(Cl)ccc1CCl. The van der Waals surface area contributed by atoms with Crippen LogP contribution in [-0.2, 0) is 5.88 Å². The fourth-order valence-corrected chi connectivity index (χ4v) is 4.00. The average molecular weight is 313 g/mol. The predicted octanol–water partition coefficient (Wildman–Crippen LogP) is 4.14. The molecular formula is C16H22Cl2N2. The lowest BCUT2D eigenvalue weighted by Crippen LogP contribution is -2.59. The van der Waals surface area contributed by atoms with Crippen molar-refractivity contribution >= 4 is 28.9 Å². The summed E-state index contributed by atoms with van der Waals surface area (Å²) in [5, 5.41) is 0.798. The van der Waals surface area contributed by atoms with E-state index in [1.165, 1.54) is 37.1 Å². The molecule has 0 amide bonds. The van der Waals surface area contributed by atoms with Crippen molar-refractivity contribution in [2.24, 2.45) is 0 Å². The summed E-state index contributed by atoms with van der Waals surface area (Å²) in [4.78, 5) is 5.17. The standard InChI is InChI=1S/C16H22Cl2N2/c1-12-10-19-7-3-2-4-15(19)11-20(12)16-8-14(18)6-5-13(16)9-17/h5-6,8,12,15H,2-4,7,9-11H2,1H3. The summed E-state index contributed by atoms with van der Waals surface area (Å²) >= 11 is 12.3. The summed E-state index contributed by atoms with van der Waals surface area (Å²) in [5.74, 6) is 0.546. The van der Waals surface area contributed by atoms with Crippen molar-refractivity contribution in [3.8, 4) is 0 Å². The molecule has 3 rings (SSSR count). The number of benzene rings is 1. The van der Waals surface area contributed by atoms with Gasteiger partial charge in [-0.2, -0.15) is 0 Å². The number of hydrogen-bond acceptors (Lipinski definition) is 2. The molecule has 2 unspecified atom stereocenters. The molecule has 0 radical (unpaired) electrons. The van der Waals surface area contributed by atoms with Gasteiger partial charge in [-0.3, -0.25) is 4.90 Å². The van der Waals surface area contributed by atoms with Gasteiger partial charge in [-0.25, -0.2) is 0 Å². The third kappa shape index (κ3) is 2.79. The van der Waals surface area contributed by atoms with Crippen LogP contribution in [0.3, 0.4) is 0 Å². The minimum absolute atomic E-state index is 0.518. The first-order chi connectivity index (χ1) is 9.69. The van der Waals surface area contributed by atoms with Crippen LogP contribution < -0.4 is 4.90 Å². The van der Waals surface area contributed by atoms with Crippen molar-refractivity contribution in [2.75, 3.05) is 24.5 Å². The molecule has 2 aliphatic heterocycles. The van der Waals surface area contributed by atoms with Crippen LogP contribution in [-0.4, -0.2) is 36.6 Å². The molecule has 1 aromatic carbocycles. The van der Waals surface area contributed by atoms with Gasteiger partial charge in [0, 0.05) is 41.8 Å². The first-order valence-electron chi connectivity index (χ1n) is 7.54. The smallest absolute Gasteiger partial charge is 0.0494 e. The summed E-state index contributed by atoms with van der Waals surface area (Å²) in [5.41, 5.74) is 2.41. The van der Waals surface area contributed by atoms with Gasteiger partial charge in [0.05, 0.1) is 0 Å². The van der Waals surface area contributed by atoms with Gasteiger partial charge in [0.1, 0.15) is 0 Å². The molecule has 2 fully saturated rings. The molecule has 0 saturated carbocycles. The molecular weight excluding hydrogens is 291 g/mol. The number of halogens is 2. The molecule has 0 spiro atoms. The minimum atomic E-state index is 0.518. The zero-order valence-electron chi connectivity index (χ0n) is 12.0. The Balaban J connectivity index is 1.87. The van der Waals surface area contributed by atoms with E-state index in [9.17, 15) is 0 Å². The first-order valence-corrected chi connectivity index (χ1v) is 8.45. The molecule has 4 heteroatoms. The fourth-order valence-electron chi connectivity index (χ4n) is 3.61. The number of alkyl halides is 1. The molecule has 20 heavy (non-hydrogen) atoms. The molecule has 0 bridgehead atoms. The Morgan fingerprint density at radius 1 is 1.25 bits per heavy atom. The van der Waals surface area contributed by atoms with E-state index in [2.05, 4.69) is 28.9 Å². The van der Waals surface area contributed by atoms with Gasteiger partial charge < -0.3 is 4.90 Å². The van der Waals surface area contributed by atoms with Crippen molar-refractivity contribution in [3.63, 3.8) is 0 Å². The van der Waals surface area contributed by atoms with E-state index in [0.717, 1.165) is 18.1 Å². The van der Waals surface area contributed by atoms with Gasteiger partial charge in [0.2, 0.25) is 0 Å². The van der Waals surface area contributed by atoms with Crippen molar-refractivity contribution in [1.29, 1.82) is 0 Å². The highest BCUT2D eigenvalue weighted by atomic mass is 35.5. The van der Waals surface area contributed by atoms with E-state index in [1.807, 2.05) is 6.07 Å². The molecule has 0 N–H and O–H groups in total. The zero-order valence-corrected chi connectivity index (χ0v) is 13.5. The summed E-state index contributed by atoms with van der Waals surface area (Å²) < 4.78 is 0. The van der Waals surface area contributed by atoms with E-state index >= 15 is 0 Å². The molecule has 2 aliphatic rings. The number of anilines is 1. The van der Waals surface area contributed by atoms with Crippen LogP contribution in [0.5, 0.6) is 0 Å². The highest BCUT2D eigenvalue weighted by Gasteiger charge is 2.33. The Morgan fingerprint density at radius 3 is 2.90 bits per heavy atom. The first kappa shape index (κ1) is 14.5. The normalized spacial score (nSPS) is 27.4. The molecule has 2 saturated heterocycles. The number of piperidine rings is 1. The second-order valence-corrected chi connectivity index (χ2v) is 6.76. The van der Waals surface area contributed by atoms with Crippen LogP contribution in [0.1, 0.15) is 31.7 Å². The molecule has 2 heterocycles. The van der Waals surface area contributed by atoms with E-state index in [-0.39, 0.29) is 0 Å². The topological polar surface area (TPSA) is 6.48 Å². The molecule has 1 aromatic rings. The monoisotopic (exact) mass is 312 g/mol. The Kier molecular flexibility index (Phi) is 4.44. The Bertz CT molecular complexity index is 478. The lowest BCUT2D eigenvalue weighted by atomic mass is 9.96. The maximum absolute atomic E-state index is 6.20. The average Bonchev–Trinajstić information content (AvgIpc) is 2.46. The molecule has 0 aromatic heterocycles. The summed E-state index contributed by atoms with van der Waals surface area (Å²) in [7, 11) is 0. The lowest BCUT2D eigenvalue weighted by Gasteiger charge is -2.49. The molecule has 2 nitrogen and oxygen atoms in total. The van der Waals surface area contributed by atoms with Crippen molar-refractivity contribution in [1.82, 2.24) is 4.90 Å². The van der Waals surface area contributed by atoms with E-state index in [1.54, 1.807) is 0 Å². The van der Waals surface area contributed by atoms with Crippen molar-refractivity contribution in [3.05, 3.63) is 28.8 Å². The Morgan fingerprint density at radius 2 is 2.10 bits per heavy atom. The Hall–Kier alpha value is -0.440. The predicted molar refractivity (Wildman–Crippen MR) is 87.0 cm³/mol. The van der Waals surface area contributed by atoms with Crippen molar-refractivity contribution in [2.45, 2.75) is 44.1 Å². The Labute approximate surface area is 131 Å². The highest BCUT2D eigenvalue weighted by Crippen LogP contribution is 2.32. The highest BCUT2D eigenvalue weighted by molar-refractivity contribution is 6.31. The van der Waals surface area contributed by atoms with Crippen LogP contribution in [0.15, 0.2) is 18.2 Å². The van der Waals surface area contributed by atoms with Crippen LogP contribution in [0.4, 0.5) is 5.69 Å². The number of hydrogen-bond donors (Lipinski definition) is 0. The summed E-state index contributed by atoms with van der Waals surface area (Å²) in [6, 6.07) is 7.29.